The van der Waals surface area contributed by atoms with E-state index in [2.05, 4.69) is 12.6 Å². The zero-order chi connectivity index (χ0) is 8.48. The van der Waals surface area contributed by atoms with Crippen molar-refractivity contribution in [3.63, 3.8) is 0 Å². The number of rotatable bonds is 0. The van der Waals surface area contributed by atoms with E-state index in [4.69, 9.17) is 34.8 Å². The molecule has 0 aromatic heterocycles. The minimum Gasteiger partial charge on any atom is -0.143 e. The van der Waals surface area contributed by atoms with E-state index in [1.165, 1.54) is 0 Å². The molecule has 5 heteroatoms. The second kappa shape index (κ2) is 5.07. The van der Waals surface area contributed by atoms with Crippen molar-refractivity contribution in [1.82, 2.24) is 0 Å². The Morgan fingerprint density at radius 2 is 1.42 bits per heavy atom. The number of hydrogen-bond acceptors (Lipinski definition) is 1. The maximum atomic E-state index is 5.62. The Morgan fingerprint density at radius 3 is 1.75 bits per heavy atom. The third-order valence-corrected chi connectivity index (χ3v) is 2.15. The van der Waals surface area contributed by atoms with Gasteiger partial charge in [0.25, 0.3) is 0 Å². The molecule has 0 fully saturated rings. The average Bonchev–Trinajstić information content (AvgIpc) is 1.86. The van der Waals surface area contributed by atoms with E-state index >= 15 is 0 Å². The van der Waals surface area contributed by atoms with Gasteiger partial charge in [0, 0.05) is 29.9 Å². The number of benzene rings is 1. The quantitative estimate of drug-likeness (QED) is 0.420. The van der Waals surface area contributed by atoms with E-state index in [9.17, 15) is 0 Å². The molecule has 1 aromatic carbocycles. The fourth-order valence-corrected chi connectivity index (χ4v) is 1.18. The summed E-state index contributed by atoms with van der Waals surface area (Å²) in [7, 11) is 0. The molecule has 0 spiro atoms. The molecule has 0 heterocycles. The van der Waals surface area contributed by atoms with Crippen LogP contribution in [0.1, 0.15) is 5.56 Å². The number of halogens is 3. The molecule has 0 saturated heterocycles. The van der Waals surface area contributed by atoms with Crippen LogP contribution in [0.25, 0.3) is 0 Å². The van der Waals surface area contributed by atoms with E-state index in [1.807, 2.05) is 0 Å². The second-order valence-electron chi connectivity index (χ2n) is 2.04. The number of thiol groups is 1. The Morgan fingerprint density at radius 1 is 1.00 bits per heavy atom. The van der Waals surface area contributed by atoms with Gasteiger partial charge in [-0.2, -0.15) is 0 Å². The van der Waals surface area contributed by atoms with E-state index in [-0.39, 0.29) is 19.5 Å². The molecule has 1 aromatic rings. The van der Waals surface area contributed by atoms with Crippen molar-refractivity contribution in [1.29, 1.82) is 0 Å². The van der Waals surface area contributed by atoms with Gasteiger partial charge in [0.05, 0.1) is 0 Å². The van der Waals surface area contributed by atoms with Gasteiger partial charge in [-0.25, -0.2) is 0 Å². The third kappa shape index (κ3) is 3.85. The van der Waals surface area contributed by atoms with Crippen LogP contribution in [0.3, 0.4) is 0 Å². The zero-order valence-corrected chi connectivity index (χ0v) is 12.2. The van der Waals surface area contributed by atoms with Crippen LogP contribution >= 0.6 is 47.4 Å². The van der Waals surface area contributed by atoms with Crippen molar-refractivity contribution in [3.05, 3.63) is 29.8 Å². The van der Waals surface area contributed by atoms with Crippen LogP contribution in [0, 0.1) is 0 Å². The van der Waals surface area contributed by atoms with E-state index < -0.39 is 3.79 Å². The molecule has 1 rings (SSSR count). The van der Waals surface area contributed by atoms with Crippen molar-refractivity contribution in [2.24, 2.45) is 0 Å². The maximum Gasteiger partial charge on any atom is 0.216 e. The minimum atomic E-state index is -1.33. The van der Waals surface area contributed by atoms with Crippen LogP contribution in [0.2, 0.25) is 0 Å². The van der Waals surface area contributed by atoms with E-state index in [1.54, 1.807) is 24.3 Å². The molecule has 0 aliphatic heterocycles. The van der Waals surface area contributed by atoms with Gasteiger partial charge < -0.3 is 0 Å². The van der Waals surface area contributed by atoms with Gasteiger partial charge in [0.15, 0.2) is 0 Å². The van der Waals surface area contributed by atoms with Crippen LogP contribution in [0.15, 0.2) is 29.2 Å². The summed E-state index contributed by atoms with van der Waals surface area (Å²) in [5, 5.41) is 0. The molecule has 62 valence electrons. The Labute approximate surface area is 105 Å². The fraction of sp³-hybridized carbons (Fsp3) is 0.143. The largest absolute Gasteiger partial charge is 0.216 e. The van der Waals surface area contributed by atoms with Crippen LogP contribution < -0.4 is 0 Å². The smallest absolute Gasteiger partial charge is 0.143 e. The van der Waals surface area contributed by atoms with Crippen LogP contribution in [0.5, 0.6) is 0 Å². The number of alkyl halides is 3. The molecule has 0 saturated carbocycles. The Bertz CT molecular complexity index is 242. The second-order valence-corrected chi connectivity index (χ2v) is 4.84. The molecule has 0 nitrogen and oxygen atoms in total. The monoisotopic (exact) mass is 290 g/mol. The first kappa shape index (κ1) is 13.1. The molecule has 12 heavy (non-hydrogen) atoms. The zero-order valence-electron chi connectivity index (χ0n) is 6.10. The normalized spacial score (nSPS) is 10.7. The van der Waals surface area contributed by atoms with Gasteiger partial charge in [0.1, 0.15) is 0 Å². The molecule has 0 aliphatic carbocycles. The van der Waals surface area contributed by atoms with Crippen molar-refractivity contribution in [2.45, 2.75) is 8.69 Å². The Kier molecular flexibility index (Phi) is 5.52. The van der Waals surface area contributed by atoms with Crippen molar-refractivity contribution >= 4 is 47.4 Å². The van der Waals surface area contributed by atoms with Crippen molar-refractivity contribution < 1.29 is 19.5 Å². The molecular formula is C7H5Cl3SZn. The van der Waals surface area contributed by atoms with Gasteiger partial charge in [-0.1, -0.05) is 46.9 Å². The molecule has 0 amide bonds. The molecular weight excluding hydrogens is 288 g/mol. The van der Waals surface area contributed by atoms with Gasteiger partial charge in [0.2, 0.25) is 3.79 Å². The molecule has 0 unspecified atom stereocenters. The van der Waals surface area contributed by atoms with Crippen LogP contribution in [0.4, 0.5) is 0 Å². The van der Waals surface area contributed by atoms with E-state index in [0.717, 1.165) is 4.90 Å². The predicted molar refractivity (Wildman–Crippen MR) is 52.9 cm³/mol. The summed E-state index contributed by atoms with van der Waals surface area (Å²) in [4.78, 5) is 0.850. The molecule has 0 N–H and O–H groups in total. The molecule has 0 aliphatic rings. The first-order chi connectivity index (χ1) is 5.00. The SMILES string of the molecule is Sc1ccc(C(Cl)(Cl)Cl)cc1.[Zn]. The van der Waals surface area contributed by atoms with Crippen molar-refractivity contribution in [3.8, 4) is 0 Å². The van der Waals surface area contributed by atoms with Gasteiger partial charge in [-0.05, 0) is 12.1 Å². The van der Waals surface area contributed by atoms with Gasteiger partial charge in [-0.15, -0.1) is 12.6 Å². The van der Waals surface area contributed by atoms with Crippen LogP contribution in [-0.2, 0) is 23.3 Å². The first-order valence-corrected chi connectivity index (χ1v) is 4.44. The van der Waals surface area contributed by atoms with Crippen molar-refractivity contribution in [2.75, 3.05) is 0 Å². The summed E-state index contributed by atoms with van der Waals surface area (Å²) in [5.74, 6) is 0. The minimum absolute atomic E-state index is 0. The predicted octanol–water partition coefficient (Wildman–Crippen LogP) is 3.80. The molecule has 0 bridgehead atoms. The standard InChI is InChI=1S/C7H5Cl3S.Zn/c8-7(9,10)5-1-3-6(11)4-2-5;/h1-4,11H;. The summed E-state index contributed by atoms with van der Waals surface area (Å²) < 4.78 is -1.33. The summed E-state index contributed by atoms with van der Waals surface area (Å²) in [6.45, 7) is 0. The summed E-state index contributed by atoms with van der Waals surface area (Å²) >= 11 is 20.9. The Balaban J connectivity index is 0.00000121. The van der Waals surface area contributed by atoms with E-state index in [0.29, 0.717) is 5.56 Å². The molecule has 0 atom stereocenters. The summed E-state index contributed by atoms with van der Waals surface area (Å²) in [5.41, 5.74) is 0.653. The fourth-order valence-electron chi connectivity index (χ4n) is 0.650. The first-order valence-electron chi connectivity index (χ1n) is 2.86. The summed E-state index contributed by atoms with van der Waals surface area (Å²) in [6.07, 6.45) is 0. The summed E-state index contributed by atoms with van der Waals surface area (Å²) in [6, 6.07) is 7.02. The average molecular weight is 293 g/mol. The Hall–Kier alpha value is 1.06. The maximum absolute atomic E-state index is 5.62. The van der Waals surface area contributed by atoms with Gasteiger partial charge in [-0.3, -0.25) is 0 Å². The van der Waals surface area contributed by atoms with Crippen LogP contribution in [-0.4, -0.2) is 0 Å². The molecule has 0 radical (unpaired) electrons. The van der Waals surface area contributed by atoms with Gasteiger partial charge >= 0.3 is 0 Å². The topological polar surface area (TPSA) is 0 Å². The number of hydrogen-bond donors (Lipinski definition) is 1. The third-order valence-electron chi connectivity index (χ3n) is 1.19.